The summed E-state index contributed by atoms with van der Waals surface area (Å²) in [5.41, 5.74) is 1.12. The van der Waals surface area contributed by atoms with Gasteiger partial charge in [0.1, 0.15) is 11.5 Å². The van der Waals surface area contributed by atoms with E-state index in [0.717, 1.165) is 24.1 Å². The topological polar surface area (TPSA) is 116 Å². The van der Waals surface area contributed by atoms with Crippen LogP contribution in [0.5, 0.6) is 5.88 Å². The molecule has 0 radical (unpaired) electrons. The van der Waals surface area contributed by atoms with Crippen molar-refractivity contribution in [3.8, 4) is 11.7 Å². The van der Waals surface area contributed by atoms with Gasteiger partial charge >= 0.3 is 5.69 Å². The zero-order valence-corrected chi connectivity index (χ0v) is 13.6. The molecule has 0 unspecified atom stereocenters. The highest BCUT2D eigenvalue weighted by Gasteiger charge is 2.20. The molecule has 1 fully saturated rings. The first-order valence-corrected chi connectivity index (χ1v) is 8.26. The van der Waals surface area contributed by atoms with E-state index < -0.39 is 5.69 Å². The molecular formula is C17H15N7O2. The number of rotatable bonds is 3. The largest absolute Gasteiger partial charge is 0.493 e. The van der Waals surface area contributed by atoms with Crippen LogP contribution in [0.25, 0.3) is 17.5 Å². The van der Waals surface area contributed by atoms with Crippen molar-refractivity contribution in [3.63, 3.8) is 0 Å². The van der Waals surface area contributed by atoms with Crippen LogP contribution < -0.4 is 16.4 Å². The Hall–Kier alpha value is -3.62. The van der Waals surface area contributed by atoms with E-state index in [4.69, 9.17) is 4.99 Å². The monoisotopic (exact) mass is 349 g/mol. The first-order chi connectivity index (χ1) is 12.7. The maximum atomic E-state index is 11.3. The number of aromatic hydroxyl groups is 1. The molecule has 4 aromatic rings. The molecule has 3 N–H and O–H groups in total. The van der Waals surface area contributed by atoms with Gasteiger partial charge in [-0.2, -0.15) is 9.61 Å². The standard InChI is InChI=1S/C17H15N7O2/c25-16-12(20-17(26)22-16)7-10-9-18-24-14(19-11-3-4-11)8-13(21-15(10)24)23-5-1-2-6-23/h1-2,5-9,11,25H,3-4H2,(H2,20,22,26)/b10-7-,19-14?. The average Bonchev–Trinajstić information content (AvgIpc) is 3.01. The summed E-state index contributed by atoms with van der Waals surface area (Å²) >= 11 is 0. The Morgan fingerprint density at radius 2 is 2.08 bits per heavy atom. The number of aromatic nitrogens is 6. The van der Waals surface area contributed by atoms with Crippen molar-refractivity contribution in [3.05, 3.63) is 63.7 Å². The predicted molar refractivity (Wildman–Crippen MR) is 92.8 cm³/mol. The Bertz CT molecular complexity index is 1270. The Labute approximate surface area is 146 Å². The molecule has 130 valence electrons. The molecule has 4 heterocycles. The van der Waals surface area contributed by atoms with Gasteiger partial charge in [-0.3, -0.25) is 9.98 Å². The van der Waals surface area contributed by atoms with Gasteiger partial charge in [0.15, 0.2) is 11.1 Å². The number of aromatic amines is 2. The quantitative estimate of drug-likeness (QED) is 0.477. The van der Waals surface area contributed by atoms with Crippen LogP contribution >= 0.6 is 0 Å². The molecule has 5 rings (SSSR count). The van der Waals surface area contributed by atoms with E-state index in [1.54, 1.807) is 16.8 Å². The molecule has 0 bridgehead atoms. The van der Waals surface area contributed by atoms with Gasteiger partial charge < -0.3 is 14.7 Å². The van der Waals surface area contributed by atoms with Crippen LogP contribution in [0.15, 0.2) is 46.6 Å². The molecule has 26 heavy (non-hydrogen) atoms. The van der Waals surface area contributed by atoms with Crippen LogP contribution in [0.3, 0.4) is 0 Å². The van der Waals surface area contributed by atoms with Crippen LogP contribution in [0.2, 0.25) is 0 Å². The van der Waals surface area contributed by atoms with E-state index >= 15 is 0 Å². The Kier molecular flexibility index (Phi) is 3.08. The molecule has 0 amide bonds. The zero-order chi connectivity index (χ0) is 17.7. The maximum Gasteiger partial charge on any atom is 0.326 e. The number of hydrogen-bond donors (Lipinski definition) is 3. The Morgan fingerprint density at radius 3 is 2.77 bits per heavy atom. The summed E-state index contributed by atoms with van der Waals surface area (Å²) in [7, 11) is 0. The first kappa shape index (κ1) is 14.7. The molecule has 0 spiro atoms. The molecule has 1 saturated carbocycles. The summed E-state index contributed by atoms with van der Waals surface area (Å²) in [5.74, 6) is 0.502. The third-order valence-corrected chi connectivity index (χ3v) is 4.23. The van der Waals surface area contributed by atoms with Crippen molar-refractivity contribution in [2.45, 2.75) is 18.9 Å². The summed E-state index contributed by atoms with van der Waals surface area (Å²) in [6, 6.07) is 6.09. The smallest absolute Gasteiger partial charge is 0.326 e. The van der Waals surface area contributed by atoms with Gasteiger partial charge in [0.2, 0.25) is 5.88 Å². The van der Waals surface area contributed by atoms with E-state index in [9.17, 15) is 9.90 Å². The predicted octanol–water partition coefficient (Wildman–Crippen LogP) is -0.147. The molecule has 0 atom stereocenters. The lowest BCUT2D eigenvalue weighted by Crippen LogP contribution is -2.20. The van der Waals surface area contributed by atoms with E-state index in [2.05, 4.69) is 20.1 Å². The lowest BCUT2D eigenvalue weighted by Gasteiger charge is -2.03. The molecule has 9 nitrogen and oxygen atoms in total. The lowest BCUT2D eigenvalue weighted by atomic mass is 10.3. The van der Waals surface area contributed by atoms with Crippen LogP contribution in [-0.2, 0) is 0 Å². The average molecular weight is 349 g/mol. The maximum absolute atomic E-state index is 11.3. The molecular weight excluding hydrogens is 334 g/mol. The second kappa shape index (κ2) is 5.45. The highest BCUT2D eigenvalue weighted by Crippen LogP contribution is 2.22. The first-order valence-electron chi connectivity index (χ1n) is 8.26. The highest BCUT2D eigenvalue weighted by molar-refractivity contribution is 5.57. The summed E-state index contributed by atoms with van der Waals surface area (Å²) in [6.45, 7) is 0. The number of imidazole rings is 1. The highest BCUT2D eigenvalue weighted by atomic mass is 16.3. The Balaban J connectivity index is 1.80. The minimum Gasteiger partial charge on any atom is -0.493 e. The van der Waals surface area contributed by atoms with Gasteiger partial charge in [-0.05, 0) is 31.1 Å². The molecule has 9 heteroatoms. The van der Waals surface area contributed by atoms with Crippen molar-refractivity contribution in [1.29, 1.82) is 0 Å². The molecule has 0 aromatic carbocycles. The number of fused-ring (bicyclic) bond motifs is 1. The number of H-pyrrole nitrogens is 2. The fourth-order valence-electron chi connectivity index (χ4n) is 2.80. The van der Waals surface area contributed by atoms with Gasteiger partial charge in [0.25, 0.3) is 0 Å². The van der Waals surface area contributed by atoms with E-state index in [1.165, 1.54) is 0 Å². The SMILES string of the molecule is O=c1[nH]c(O)c(/C=c2/cnn3c(=NC4CC4)cc(-n4cccc4)nc23)[nH]1. The van der Waals surface area contributed by atoms with Gasteiger partial charge in [0, 0.05) is 23.7 Å². The second-order valence-corrected chi connectivity index (χ2v) is 6.24. The third kappa shape index (κ3) is 2.50. The van der Waals surface area contributed by atoms with Crippen molar-refractivity contribution >= 4 is 11.7 Å². The molecule has 0 aliphatic heterocycles. The van der Waals surface area contributed by atoms with Crippen LogP contribution in [-0.4, -0.2) is 40.3 Å². The Morgan fingerprint density at radius 1 is 1.27 bits per heavy atom. The van der Waals surface area contributed by atoms with E-state index in [0.29, 0.717) is 16.9 Å². The summed E-state index contributed by atoms with van der Waals surface area (Å²) in [6.07, 6.45) is 9.26. The van der Waals surface area contributed by atoms with Crippen molar-refractivity contribution in [1.82, 2.24) is 29.1 Å². The zero-order valence-electron chi connectivity index (χ0n) is 13.6. The molecule has 1 aliphatic carbocycles. The molecule has 0 saturated heterocycles. The number of nitrogens with zero attached hydrogens (tertiary/aromatic N) is 5. The normalized spacial score (nSPS) is 16.0. The minimum atomic E-state index is -0.476. The number of hydrogen-bond acceptors (Lipinski definition) is 5. The van der Waals surface area contributed by atoms with E-state index in [1.807, 2.05) is 35.2 Å². The summed E-state index contributed by atoms with van der Waals surface area (Å²) < 4.78 is 3.58. The molecule has 1 aliphatic rings. The van der Waals surface area contributed by atoms with Gasteiger partial charge in [0.05, 0.1) is 12.2 Å². The van der Waals surface area contributed by atoms with Crippen molar-refractivity contribution in [2.24, 2.45) is 4.99 Å². The van der Waals surface area contributed by atoms with E-state index in [-0.39, 0.29) is 11.6 Å². The van der Waals surface area contributed by atoms with Crippen molar-refractivity contribution in [2.75, 3.05) is 0 Å². The van der Waals surface area contributed by atoms with Gasteiger partial charge in [-0.25, -0.2) is 9.78 Å². The lowest BCUT2D eigenvalue weighted by molar-refractivity contribution is 0.454. The third-order valence-electron chi connectivity index (χ3n) is 4.23. The number of nitrogens with one attached hydrogen (secondary N) is 2. The molecule has 4 aromatic heterocycles. The van der Waals surface area contributed by atoms with Crippen molar-refractivity contribution < 1.29 is 5.11 Å². The summed E-state index contributed by atoms with van der Waals surface area (Å²) in [5, 5.41) is 14.9. The second-order valence-electron chi connectivity index (χ2n) is 6.24. The van der Waals surface area contributed by atoms with Crippen LogP contribution in [0.4, 0.5) is 0 Å². The van der Waals surface area contributed by atoms with Gasteiger partial charge in [-0.15, -0.1) is 0 Å². The fourth-order valence-corrected chi connectivity index (χ4v) is 2.80. The van der Waals surface area contributed by atoms with Gasteiger partial charge in [-0.1, -0.05) is 0 Å². The fraction of sp³-hybridized carbons (Fsp3) is 0.176. The van der Waals surface area contributed by atoms with Crippen LogP contribution in [0.1, 0.15) is 18.5 Å². The summed E-state index contributed by atoms with van der Waals surface area (Å²) in [4.78, 5) is 25.6. The minimum absolute atomic E-state index is 0.223. The van der Waals surface area contributed by atoms with Crippen LogP contribution in [0, 0.1) is 0 Å².